The van der Waals surface area contributed by atoms with Gasteiger partial charge < -0.3 is 10.6 Å². The Labute approximate surface area is 174 Å². The molecule has 1 amide bonds. The number of benzene rings is 3. The largest absolute Gasteiger partial charge is 0.331 e. The van der Waals surface area contributed by atoms with Crippen LogP contribution in [-0.4, -0.2) is 16.0 Å². The number of carbonyl (C=O) groups is 1. The van der Waals surface area contributed by atoms with Gasteiger partial charge in [0.25, 0.3) is 0 Å². The lowest BCUT2D eigenvalue weighted by molar-refractivity contribution is -0.120. The second kappa shape index (κ2) is 8.63. The van der Waals surface area contributed by atoms with Crippen LogP contribution in [0.2, 0.25) is 0 Å². The van der Waals surface area contributed by atoms with E-state index in [-0.39, 0.29) is 11.0 Å². The van der Waals surface area contributed by atoms with Gasteiger partial charge in [0, 0.05) is 11.6 Å². The van der Waals surface area contributed by atoms with E-state index in [1.54, 1.807) is 6.20 Å². The summed E-state index contributed by atoms with van der Waals surface area (Å²) in [6.07, 6.45) is 1.73. The van der Waals surface area contributed by atoms with Crippen LogP contribution < -0.4 is 10.6 Å². The van der Waals surface area contributed by atoms with E-state index in [0.29, 0.717) is 0 Å². The second-order valence-electron chi connectivity index (χ2n) is 6.58. The molecule has 0 aliphatic carbocycles. The van der Waals surface area contributed by atoms with Crippen LogP contribution in [-0.2, 0) is 4.79 Å². The van der Waals surface area contributed by atoms with Crippen LogP contribution in [0.1, 0.15) is 17.0 Å². The van der Waals surface area contributed by atoms with E-state index in [9.17, 15) is 4.79 Å². The predicted molar refractivity (Wildman–Crippen MR) is 121 cm³/mol. The van der Waals surface area contributed by atoms with E-state index in [1.165, 1.54) is 0 Å². The quantitative estimate of drug-likeness (QED) is 0.482. The van der Waals surface area contributed by atoms with Gasteiger partial charge in [-0.3, -0.25) is 9.78 Å². The van der Waals surface area contributed by atoms with E-state index in [2.05, 4.69) is 15.6 Å². The number of para-hydroxylation sites is 1. The maximum absolute atomic E-state index is 13.2. The highest BCUT2D eigenvalue weighted by Gasteiger charge is 2.23. The molecule has 1 aromatic heterocycles. The Kier molecular flexibility index (Phi) is 5.59. The lowest BCUT2D eigenvalue weighted by Crippen LogP contribution is -2.38. The number of anilines is 1. The third-order valence-corrected chi connectivity index (χ3v) is 4.85. The lowest BCUT2D eigenvalue weighted by atomic mass is 9.90. The Morgan fingerprint density at radius 3 is 2.07 bits per heavy atom. The fourth-order valence-electron chi connectivity index (χ4n) is 3.33. The van der Waals surface area contributed by atoms with Gasteiger partial charge in [0.05, 0.1) is 17.1 Å². The molecule has 0 fully saturated rings. The summed E-state index contributed by atoms with van der Waals surface area (Å²) in [6.45, 7) is 0. The molecule has 4 aromatic rings. The third-order valence-electron chi connectivity index (χ3n) is 4.65. The Bertz CT molecular complexity index is 1100. The fraction of sp³-hybridized carbons (Fsp3) is 0.0417. The molecule has 0 radical (unpaired) electrons. The van der Waals surface area contributed by atoms with Gasteiger partial charge in [-0.2, -0.15) is 0 Å². The summed E-state index contributed by atoms with van der Waals surface area (Å²) >= 11 is 5.42. The molecular weight excluding hydrogens is 378 g/mol. The minimum Gasteiger partial charge on any atom is -0.331 e. The van der Waals surface area contributed by atoms with E-state index in [4.69, 9.17) is 12.2 Å². The van der Waals surface area contributed by atoms with Gasteiger partial charge in [0.2, 0.25) is 5.91 Å². The number of nitrogens with one attached hydrogen (secondary N) is 2. The number of hydrogen-bond donors (Lipinski definition) is 2. The van der Waals surface area contributed by atoms with Gasteiger partial charge in [0.15, 0.2) is 5.11 Å². The molecule has 0 saturated heterocycles. The topological polar surface area (TPSA) is 54.0 Å². The average Bonchev–Trinajstić information content (AvgIpc) is 2.76. The summed E-state index contributed by atoms with van der Waals surface area (Å²) in [6, 6.07) is 29.0. The minimum atomic E-state index is -0.456. The highest BCUT2D eigenvalue weighted by Crippen LogP contribution is 2.25. The number of aromatic nitrogens is 1. The van der Waals surface area contributed by atoms with Gasteiger partial charge in [-0.15, -0.1) is 0 Å². The molecular formula is C24H19N3OS. The van der Waals surface area contributed by atoms with Gasteiger partial charge in [0.1, 0.15) is 0 Å². The monoisotopic (exact) mass is 397 g/mol. The molecule has 4 nitrogen and oxygen atoms in total. The van der Waals surface area contributed by atoms with Gasteiger partial charge in [-0.1, -0.05) is 78.9 Å². The van der Waals surface area contributed by atoms with Crippen molar-refractivity contribution >= 4 is 39.8 Å². The van der Waals surface area contributed by atoms with Crippen molar-refractivity contribution in [2.75, 3.05) is 5.32 Å². The van der Waals surface area contributed by atoms with Gasteiger partial charge >= 0.3 is 0 Å². The smallest absolute Gasteiger partial charge is 0.238 e. The van der Waals surface area contributed by atoms with Crippen LogP contribution in [0.4, 0.5) is 5.69 Å². The molecule has 0 atom stereocenters. The van der Waals surface area contributed by atoms with Crippen LogP contribution in [0.5, 0.6) is 0 Å². The number of nitrogens with zero attached hydrogens (tertiary/aromatic N) is 1. The first-order chi connectivity index (χ1) is 14.2. The molecule has 0 aliphatic heterocycles. The SMILES string of the molecule is O=C(NC(=S)Nc1cccc2cccnc12)C(c1ccccc1)c1ccccc1. The Hall–Kier alpha value is -3.57. The predicted octanol–water partition coefficient (Wildman–Crippen LogP) is 4.88. The molecule has 0 aliphatic rings. The number of rotatable bonds is 4. The molecule has 0 unspecified atom stereocenters. The van der Waals surface area contributed by atoms with E-state index >= 15 is 0 Å². The first-order valence-electron chi connectivity index (χ1n) is 9.28. The molecule has 4 rings (SSSR count). The molecule has 5 heteroatoms. The third kappa shape index (κ3) is 4.31. The van der Waals surface area contributed by atoms with E-state index < -0.39 is 5.92 Å². The van der Waals surface area contributed by atoms with Crippen LogP contribution >= 0.6 is 12.2 Å². The minimum absolute atomic E-state index is 0.187. The molecule has 3 aromatic carbocycles. The summed E-state index contributed by atoms with van der Waals surface area (Å²) in [5.41, 5.74) is 3.37. The molecule has 0 saturated carbocycles. The van der Waals surface area contributed by atoms with Crippen LogP contribution in [0.3, 0.4) is 0 Å². The standard InChI is InChI=1S/C24H19N3OS/c28-23(21(17-9-3-1-4-10-17)18-11-5-2-6-12-18)27-24(29)26-20-15-7-13-19-14-8-16-25-22(19)20/h1-16,21H,(H2,26,27,28,29). The molecule has 1 heterocycles. The van der Waals surface area contributed by atoms with E-state index in [1.807, 2.05) is 91.0 Å². The van der Waals surface area contributed by atoms with E-state index in [0.717, 1.165) is 27.7 Å². The molecule has 0 spiro atoms. The second-order valence-corrected chi connectivity index (χ2v) is 6.99. The van der Waals surface area contributed by atoms with Gasteiger partial charge in [-0.05, 0) is 35.5 Å². The zero-order valence-corrected chi connectivity index (χ0v) is 16.4. The summed E-state index contributed by atoms with van der Waals surface area (Å²) in [4.78, 5) is 17.6. The average molecular weight is 398 g/mol. The fourth-order valence-corrected chi connectivity index (χ4v) is 3.54. The van der Waals surface area contributed by atoms with Crippen molar-refractivity contribution in [1.29, 1.82) is 0 Å². The summed E-state index contributed by atoms with van der Waals surface area (Å²) < 4.78 is 0. The Morgan fingerprint density at radius 1 is 0.793 bits per heavy atom. The lowest BCUT2D eigenvalue weighted by Gasteiger charge is -2.19. The number of amides is 1. The molecule has 0 bridgehead atoms. The number of fused-ring (bicyclic) bond motifs is 1. The normalized spacial score (nSPS) is 10.7. The van der Waals surface area contributed by atoms with Crippen LogP contribution in [0.25, 0.3) is 10.9 Å². The highest BCUT2D eigenvalue weighted by molar-refractivity contribution is 7.80. The highest BCUT2D eigenvalue weighted by atomic mass is 32.1. The summed E-state index contributed by atoms with van der Waals surface area (Å²) in [5.74, 6) is -0.643. The van der Waals surface area contributed by atoms with Crippen molar-refractivity contribution < 1.29 is 4.79 Å². The molecule has 2 N–H and O–H groups in total. The van der Waals surface area contributed by atoms with Crippen LogP contribution in [0.15, 0.2) is 97.2 Å². The number of thiocarbonyl (C=S) groups is 1. The maximum Gasteiger partial charge on any atom is 0.238 e. The number of carbonyl (C=O) groups excluding carboxylic acids is 1. The van der Waals surface area contributed by atoms with Gasteiger partial charge in [-0.25, -0.2) is 0 Å². The zero-order chi connectivity index (χ0) is 20.1. The number of hydrogen-bond acceptors (Lipinski definition) is 3. The van der Waals surface area contributed by atoms with Crippen molar-refractivity contribution in [2.45, 2.75) is 5.92 Å². The Balaban J connectivity index is 1.57. The van der Waals surface area contributed by atoms with Crippen molar-refractivity contribution in [1.82, 2.24) is 10.3 Å². The summed E-state index contributed by atoms with van der Waals surface area (Å²) in [7, 11) is 0. The molecule has 29 heavy (non-hydrogen) atoms. The zero-order valence-electron chi connectivity index (χ0n) is 15.6. The first kappa shape index (κ1) is 18.8. The number of pyridine rings is 1. The van der Waals surface area contributed by atoms with Crippen LogP contribution in [0, 0.1) is 0 Å². The van der Waals surface area contributed by atoms with Crippen molar-refractivity contribution in [2.24, 2.45) is 0 Å². The maximum atomic E-state index is 13.2. The summed E-state index contributed by atoms with van der Waals surface area (Å²) in [5, 5.41) is 7.19. The first-order valence-corrected chi connectivity index (χ1v) is 9.69. The Morgan fingerprint density at radius 2 is 1.41 bits per heavy atom. The molecule has 142 valence electrons. The van der Waals surface area contributed by atoms with Crippen molar-refractivity contribution in [3.05, 3.63) is 108 Å². The van der Waals surface area contributed by atoms with Crippen molar-refractivity contribution in [3.63, 3.8) is 0 Å². The van der Waals surface area contributed by atoms with Crippen molar-refractivity contribution in [3.8, 4) is 0 Å².